The number of hydrogen-bond acceptors (Lipinski definition) is 2. The first-order chi connectivity index (χ1) is 6.70. The van der Waals surface area contributed by atoms with E-state index in [1.54, 1.807) is 19.0 Å². The molecule has 1 amide bonds. The predicted octanol–water partition coefficient (Wildman–Crippen LogP) is 0.992. The minimum Gasteiger partial charge on any atom is -0.345 e. The SMILES string of the molecule is CN(C)C(=O)c1cccc2c1CNC2. The molecule has 14 heavy (non-hydrogen) atoms. The first-order valence-electron chi connectivity index (χ1n) is 4.73. The maximum Gasteiger partial charge on any atom is 0.253 e. The van der Waals surface area contributed by atoms with Gasteiger partial charge in [0, 0.05) is 32.7 Å². The fourth-order valence-electron chi connectivity index (χ4n) is 1.77. The highest BCUT2D eigenvalue weighted by Crippen LogP contribution is 2.20. The molecule has 0 radical (unpaired) electrons. The van der Waals surface area contributed by atoms with Gasteiger partial charge < -0.3 is 10.2 Å². The summed E-state index contributed by atoms with van der Waals surface area (Å²) in [5, 5.41) is 3.25. The summed E-state index contributed by atoms with van der Waals surface area (Å²) in [7, 11) is 3.56. The lowest BCUT2D eigenvalue weighted by molar-refractivity contribution is 0.0826. The number of benzene rings is 1. The number of carbonyl (C=O) groups excluding carboxylic acids is 1. The third kappa shape index (κ3) is 1.40. The lowest BCUT2D eigenvalue weighted by Gasteiger charge is -2.12. The van der Waals surface area contributed by atoms with Crippen LogP contribution in [0.2, 0.25) is 0 Å². The molecule has 0 spiro atoms. The number of fused-ring (bicyclic) bond motifs is 1. The van der Waals surface area contributed by atoms with E-state index in [-0.39, 0.29) is 5.91 Å². The quantitative estimate of drug-likeness (QED) is 0.716. The van der Waals surface area contributed by atoms with Crippen molar-refractivity contribution in [1.29, 1.82) is 0 Å². The van der Waals surface area contributed by atoms with E-state index in [1.165, 1.54) is 5.56 Å². The van der Waals surface area contributed by atoms with Crippen molar-refractivity contribution >= 4 is 5.91 Å². The first kappa shape index (κ1) is 9.21. The zero-order valence-corrected chi connectivity index (χ0v) is 8.50. The summed E-state index contributed by atoms with van der Waals surface area (Å²) in [6, 6.07) is 5.92. The molecule has 1 N–H and O–H groups in total. The predicted molar refractivity (Wildman–Crippen MR) is 55.0 cm³/mol. The van der Waals surface area contributed by atoms with Crippen molar-refractivity contribution < 1.29 is 4.79 Å². The zero-order chi connectivity index (χ0) is 10.1. The molecule has 0 unspecified atom stereocenters. The van der Waals surface area contributed by atoms with Gasteiger partial charge in [-0.2, -0.15) is 0 Å². The highest BCUT2D eigenvalue weighted by atomic mass is 16.2. The Kier molecular flexibility index (Phi) is 2.25. The second kappa shape index (κ2) is 3.42. The van der Waals surface area contributed by atoms with E-state index in [0.717, 1.165) is 24.2 Å². The van der Waals surface area contributed by atoms with E-state index in [4.69, 9.17) is 0 Å². The number of nitrogens with zero attached hydrogens (tertiary/aromatic N) is 1. The van der Waals surface area contributed by atoms with Crippen LogP contribution in [0.3, 0.4) is 0 Å². The molecule has 1 aromatic carbocycles. The van der Waals surface area contributed by atoms with Gasteiger partial charge in [0.1, 0.15) is 0 Å². The van der Waals surface area contributed by atoms with Crippen molar-refractivity contribution in [3.8, 4) is 0 Å². The maximum atomic E-state index is 11.8. The van der Waals surface area contributed by atoms with Gasteiger partial charge in [0.2, 0.25) is 0 Å². The van der Waals surface area contributed by atoms with Crippen molar-refractivity contribution in [2.75, 3.05) is 14.1 Å². The molecule has 0 atom stereocenters. The normalized spacial score (nSPS) is 13.9. The van der Waals surface area contributed by atoms with Gasteiger partial charge in [-0.3, -0.25) is 4.79 Å². The first-order valence-corrected chi connectivity index (χ1v) is 4.73. The Morgan fingerprint density at radius 2 is 2.14 bits per heavy atom. The van der Waals surface area contributed by atoms with Gasteiger partial charge in [-0.05, 0) is 17.2 Å². The molecule has 3 nitrogen and oxygen atoms in total. The average molecular weight is 190 g/mol. The Labute approximate surface area is 83.7 Å². The zero-order valence-electron chi connectivity index (χ0n) is 8.50. The Morgan fingerprint density at radius 1 is 1.36 bits per heavy atom. The van der Waals surface area contributed by atoms with E-state index in [1.807, 2.05) is 12.1 Å². The molecule has 0 bridgehead atoms. The van der Waals surface area contributed by atoms with Crippen LogP contribution in [0.25, 0.3) is 0 Å². The van der Waals surface area contributed by atoms with Crippen LogP contribution >= 0.6 is 0 Å². The van der Waals surface area contributed by atoms with Gasteiger partial charge >= 0.3 is 0 Å². The largest absolute Gasteiger partial charge is 0.345 e. The highest BCUT2D eigenvalue weighted by molar-refractivity contribution is 5.95. The van der Waals surface area contributed by atoms with E-state index >= 15 is 0 Å². The molecular weight excluding hydrogens is 176 g/mol. The topological polar surface area (TPSA) is 32.3 Å². The third-order valence-electron chi connectivity index (χ3n) is 2.53. The fraction of sp³-hybridized carbons (Fsp3) is 0.364. The molecule has 0 fully saturated rings. The fourth-order valence-corrected chi connectivity index (χ4v) is 1.77. The van der Waals surface area contributed by atoms with Crippen molar-refractivity contribution in [3.63, 3.8) is 0 Å². The number of nitrogens with one attached hydrogen (secondary N) is 1. The molecular formula is C11H14N2O. The molecule has 74 valence electrons. The lowest BCUT2D eigenvalue weighted by Crippen LogP contribution is -2.23. The molecule has 3 heteroatoms. The van der Waals surface area contributed by atoms with E-state index in [9.17, 15) is 4.79 Å². The summed E-state index contributed by atoms with van der Waals surface area (Å²) in [4.78, 5) is 13.4. The van der Waals surface area contributed by atoms with Crippen LogP contribution in [-0.4, -0.2) is 24.9 Å². The van der Waals surface area contributed by atoms with Crippen LogP contribution in [0.1, 0.15) is 21.5 Å². The summed E-state index contributed by atoms with van der Waals surface area (Å²) < 4.78 is 0. The monoisotopic (exact) mass is 190 g/mol. The molecule has 0 aliphatic carbocycles. The van der Waals surface area contributed by atoms with Gasteiger partial charge in [-0.15, -0.1) is 0 Å². The summed E-state index contributed by atoms with van der Waals surface area (Å²) in [5.74, 6) is 0.0885. The van der Waals surface area contributed by atoms with Crippen LogP contribution in [0, 0.1) is 0 Å². The Bertz CT molecular complexity index is 372. The molecule has 0 saturated carbocycles. The van der Waals surface area contributed by atoms with E-state index in [2.05, 4.69) is 11.4 Å². The van der Waals surface area contributed by atoms with Crippen molar-refractivity contribution in [1.82, 2.24) is 10.2 Å². The molecule has 1 aromatic rings. The summed E-state index contributed by atoms with van der Waals surface area (Å²) >= 11 is 0. The minimum absolute atomic E-state index is 0.0885. The molecule has 1 aliphatic rings. The van der Waals surface area contributed by atoms with E-state index < -0.39 is 0 Å². The van der Waals surface area contributed by atoms with Gasteiger partial charge in [0.25, 0.3) is 5.91 Å². The molecule has 1 aliphatic heterocycles. The van der Waals surface area contributed by atoms with Crippen molar-refractivity contribution in [2.45, 2.75) is 13.1 Å². The lowest BCUT2D eigenvalue weighted by atomic mass is 10.0. The van der Waals surface area contributed by atoms with Gasteiger partial charge in [0.05, 0.1) is 0 Å². The minimum atomic E-state index is 0.0885. The molecule has 0 saturated heterocycles. The van der Waals surface area contributed by atoms with Crippen LogP contribution in [-0.2, 0) is 13.1 Å². The van der Waals surface area contributed by atoms with Crippen LogP contribution in [0.4, 0.5) is 0 Å². The van der Waals surface area contributed by atoms with Crippen LogP contribution < -0.4 is 5.32 Å². The maximum absolute atomic E-state index is 11.8. The van der Waals surface area contributed by atoms with Crippen LogP contribution in [0.15, 0.2) is 18.2 Å². The highest BCUT2D eigenvalue weighted by Gasteiger charge is 2.18. The molecule has 1 heterocycles. The Hall–Kier alpha value is -1.35. The Balaban J connectivity index is 2.44. The number of carbonyl (C=O) groups is 1. The number of hydrogen-bond donors (Lipinski definition) is 1. The standard InChI is InChI=1S/C11H14N2O/c1-13(2)11(14)9-5-3-4-8-6-12-7-10(8)9/h3-5,12H,6-7H2,1-2H3. The summed E-state index contributed by atoms with van der Waals surface area (Å²) in [6.45, 7) is 1.69. The van der Waals surface area contributed by atoms with Crippen LogP contribution in [0.5, 0.6) is 0 Å². The van der Waals surface area contributed by atoms with Crippen molar-refractivity contribution in [3.05, 3.63) is 34.9 Å². The number of amides is 1. The second-order valence-electron chi connectivity index (χ2n) is 3.75. The van der Waals surface area contributed by atoms with Gasteiger partial charge in [-0.25, -0.2) is 0 Å². The number of rotatable bonds is 1. The van der Waals surface area contributed by atoms with Gasteiger partial charge in [0.15, 0.2) is 0 Å². The molecule has 2 rings (SSSR count). The average Bonchev–Trinajstić information content (AvgIpc) is 2.63. The molecule has 0 aromatic heterocycles. The van der Waals surface area contributed by atoms with Crippen molar-refractivity contribution in [2.24, 2.45) is 0 Å². The Morgan fingerprint density at radius 3 is 2.86 bits per heavy atom. The second-order valence-corrected chi connectivity index (χ2v) is 3.75. The summed E-state index contributed by atoms with van der Waals surface area (Å²) in [5.41, 5.74) is 3.24. The smallest absolute Gasteiger partial charge is 0.253 e. The summed E-state index contributed by atoms with van der Waals surface area (Å²) in [6.07, 6.45) is 0. The third-order valence-corrected chi connectivity index (χ3v) is 2.53. The van der Waals surface area contributed by atoms with E-state index in [0.29, 0.717) is 0 Å². The van der Waals surface area contributed by atoms with Gasteiger partial charge in [-0.1, -0.05) is 12.1 Å².